The fraction of sp³-hybridized carbons (Fsp3) is 0.222. The molecule has 1 aliphatic rings. The fourth-order valence-corrected chi connectivity index (χ4v) is 3.10. The van der Waals surface area contributed by atoms with E-state index in [2.05, 4.69) is 10.3 Å². The molecule has 3 amide bonds. The molecular weight excluding hydrogens is 356 g/mol. The minimum atomic E-state index is -0.639. The van der Waals surface area contributed by atoms with Crippen LogP contribution in [0.3, 0.4) is 0 Å². The van der Waals surface area contributed by atoms with Gasteiger partial charge in [0.15, 0.2) is 0 Å². The lowest BCUT2D eigenvalue weighted by Crippen LogP contribution is -2.28. The van der Waals surface area contributed by atoms with Gasteiger partial charge in [0.2, 0.25) is 17.7 Å². The molecule has 26 heavy (non-hydrogen) atoms. The van der Waals surface area contributed by atoms with E-state index in [0.717, 1.165) is 5.69 Å². The number of aromatic nitrogens is 1. The first-order valence-corrected chi connectivity index (χ1v) is 8.39. The van der Waals surface area contributed by atoms with Crippen LogP contribution in [0.5, 0.6) is 0 Å². The minimum absolute atomic E-state index is 0.0853. The Morgan fingerprint density at radius 2 is 2.12 bits per heavy atom. The lowest BCUT2D eigenvalue weighted by atomic mass is 10.1. The van der Waals surface area contributed by atoms with Crippen molar-refractivity contribution in [2.75, 3.05) is 11.9 Å². The second-order valence-electron chi connectivity index (χ2n) is 6.04. The zero-order chi connectivity index (χ0) is 18.7. The van der Waals surface area contributed by atoms with E-state index in [1.807, 2.05) is 12.1 Å². The average molecular weight is 373 g/mol. The van der Waals surface area contributed by atoms with Gasteiger partial charge >= 0.3 is 0 Å². The Hall–Kier alpha value is -2.93. The molecule has 1 atom stereocenters. The van der Waals surface area contributed by atoms with Gasteiger partial charge in [0.25, 0.3) is 0 Å². The zero-order valence-electron chi connectivity index (χ0n) is 13.8. The van der Waals surface area contributed by atoms with E-state index in [1.54, 1.807) is 23.2 Å². The third-order valence-corrected chi connectivity index (χ3v) is 4.48. The number of hydrogen-bond acceptors (Lipinski definition) is 4. The number of halogens is 1. The third-order valence-electron chi connectivity index (χ3n) is 4.17. The summed E-state index contributed by atoms with van der Waals surface area (Å²) < 4.78 is 0. The summed E-state index contributed by atoms with van der Waals surface area (Å²) in [4.78, 5) is 41.6. The van der Waals surface area contributed by atoms with E-state index in [0.29, 0.717) is 18.8 Å². The normalized spacial score (nSPS) is 16.6. The molecule has 7 nitrogen and oxygen atoms in total. The molecule has 1 aromatic carbocycles. The molecule has 2 aromatic rings. The van der Waals surface area contributed by atoms with Gasteiger partial charge in [-0.15, -0.1) is 0 Å². The second-order valence-corrected chi connectivity index (χ2v) is 6.45. The number of nitrogens with zero attached hydrogens (tertiary/aromatic N) is 2. The summed E-state index contributed by atoms with van der Waals surface area (Å²) in [7, 11) is 0. The maximum Gasteiger partial charge on any atom is 0.250 e. The third kappa shape index (κ3) is 4.00. The molecule has 1 aromatic heterocycles. The van der Waals surface area contributed by atoms with Gasteiger partial charge in [-0.05, 0) is 30.3 Å². The van der Waals surface area contributed by atoms with Crippen LogP contribution in [0.4, 0.5) is 5.69 Å². The second kappa shape index (κ2) is 7.53. The van der Waals surface area contributed by atoms with Crippen molar-refractivity contribution in [2.45, 2.75) is 13.0 Å². The number of benzene rings is 1. The van der Waals surface area contributed by atoms with Gasteiger partial charge in [0, 0.05) is 24.8 Å². The molecule has 3 rings (SSSR count). The van der Waals surface area contributed by atoms with Gasteiger partial charge in [0.1, 0.15) is 0 Å². The predicted octanol–water partition coefficient (Wildman–Crippen LogP) is 1.82. The topological polar surface area (TPSA) is 105 Å². The number of amides is 3. The van der Waals surface area contributed by atoms with Gasteiger partial charge in [-0.25, -0.2) is 0 Å². The molecule has 0 radical (unpaired) electrons. The molecular formula is C18H17ClN4O3. The largest absolute Gasteiger partial charge is 0.366 e. The summed E-state index contributed by atoms with van der Waals surface area (Å²) in [6, 6.07) is 9.96. The number of likely N-dealkylation sites (tertiary alicyclic amines) is 1. The van der Waals surface area contributed by atoms with E-state index in [4.69, 9.17) is 17.3 Å². The highest BCUT2D eigenvalue weighted by Gasteiger charge is 2.34. The van der Waals surface area contributed by atoms with Gasteiger partial charge < -0.3 is 16.0 Å². The lowest BCUT2D eigenvalue weighted by Gasteiger charge is -2.16. The number of nitrogens with one attached hydrogen (secondary N) is 1. The Morgan fingerprint density at radius 3 is 2.77 bits per heavy atom. The van der Waals surface area contributed by atoms with Crippen molar-refractivity contribution < 1.29 is 14.4 Å². The molecule has 1 unspecified atom stereocenters. The lowest BCUT2D eigenvalue weighted by molar-refractivity contribution is -0.128. The molecule has 8 heteroatoms. The summed E-state index contributed by atoms with van der Waals surface area (Å²) in [5.41, 5.74) is 6.60. The molecule has 1 aliphatic heterocycles. The summed E-state index contributed by atoms with van der Waals surface area (Å²) in [6.07, 6.45) is 1.81. The summed E-state index contributed by atoms with van der Waals surface area (Å²) >= 11 is 5.98. The number of nitrogens with two attached hydrogens (primary N) is 1. The summed E-state index contributed by atoms with van der Waals surface area (Å²) in [5.74, 6) is -1.46. The average Bonchev–Trinajstić information content (AvgIpc) is 2.96. The summed E-state index contributed by atoms with van der Waals surface area (Å²) in [6.45, 7) is 0.705. The Bertz CT molecular complexity index is 857. The van der Waals surface area contributed by atoms with E-state index in [9.17, 15) is 14.4 Å². The Labute approximate surface area is 155 Å². The van der Waals surface area contributed by atoms with Gasteiger partial charge in [-0.1, -0.05) is 17.7 Å². The monoisotopic (exact) mass is 372 g/mol. The van der Waals surface area contributed by atoms with E-state index in [1.165, 1.54) is 12.1 Å². The number of pyridine rings is 1. The quantitative estimate of drug-likeness (QED) is 0.834. The van der Waals surface area contributed by atoms with Crippen LogP contribution in [0.15, 0.2) is 42.6 Å². The zero-order valence-corrected chi connectivity index (χ0v) is 14.6. The highest BCUT2D eigenvalue weighted by atomic mass is 35.5. The number of carbonyl (C=O) groups excluding carboxylic acids is 3. The standard InChI is InChI=1S/C18H17ClN4O3/c19-15-8-12(4-5-14(15)17(20)25)22-18(26)11-7-16(24)23(9-11)10-13-3-1-2-6-21-13/h1-6,8,11H,7,9-10H2,(H2,20,25)(H,22,26). The van der Waals surface area contributed by atoms with Crippen LogP contribution in [0.2, 0.25) is 5.02 Å². The maximum atomic E-state index is 12.4. The van der Waals surface area contributed by atoms with Crippen LogP contribution in [-0.4, -0.2) is 34.2 Å². The maximum absolute atomic E-state index is 12.4. The van der Waals surface area contributed by atoms with Crippen molar-refractivity contribution in [3.8, 4) is 0 Å². The molecule has 0 aliphatic carbocycles. The highest BCUT2D eigenvalue weighted by molar-refractivity contribution is 6.34. The predicted molar refractivity (Wildman–Crippen MR) is 96.4 cm³/mol. The highest BCUT2D eigenvalue weighted by Crippen LogP contribution is 2.24. The molecule has 0 spiro atoms. The van der Waals surface area contributed by atoms with Crippen molar-refractivity contribution in [3.63, 3.8) is 0 Å². The van der Waals surface area contributed by atoms with Crippen molar-refractivity contribution in [1.82, 2.24) is 9.88 Å². The number of anilines is 1. The van der Waals surface area contributed by atoms with Gasteiger partial charge in [-0.3, -0.25) is 19.4 Å². The van der Waals surface area contributed by atoms with E-state index >= 15 is 0 Å². The van der Waals surface area contributed by atoms with E-state index < -0.39 is 11.8 Å². The van der Waals surface area contributed by atoms with Crippen molar-refractivity contribution >= 4 is 35.0 Å². The Kier molecular flexibility index (Phi) is 5.18. The van der Waals surface area contributed by atoms with Crippen LogP contribution in [0.1, 0.15) is 22.5 Å². The molecule has 0 saturated carbocycles. The van der Waals surface area contributed by atoms with Crippen molar-refractivity contribution in [2.24, 2.45) is 11.7 Å². The SMILES string of the molecule is NC(=O)c1ccc(NC(=O)C2CC(=O)N(Cc3ccccn3)C2)cc1Cl. The van der Waals surface area contributed by atoms with Crippen LogP contribution >= 0.6 is 11.6 Å². The van der Waals surface area contributed by atoms with Gasteiger partial charge in [-0.2, -0.15) is 0 Å². The minimum Gasteiger partial charge on any atom is -0.366 e. The van der Waals surface area contributed by atoms with E-state index in [-0.39, 0.29) is 28.8 Å². The van der Waals surface area contributed by atoms with Crippen molar-refractivity contribution in [3.05, 3.63) is 58.9 Å². The van der Waals surface area contributed by atoms with Crippen molar-refractivity contribution in [1.29, 1.82) is 0 Å². The smallest absolute Gasteiger partial charge is 0.250 e. The first kappa shape index (κ1) is 17.9. The van der Waals surface area contributed by atoms with Crippen LogP contribution < -0.4 is 11.1 Å². The number of hydrogen-bond donors (Lipinski definition) is 2. The van der Waals surface area contributed by atoms with Crippen LogP contribution in [0.25, 0.3) is 0 Å². The fourth-order valence-electron chi connectivity index (χ4n) is 2.82. The van der Waals surface area contributed by atoms with Crippen LogP contribution in [-0.2, 0) is 16.1 Å². The van der Waals surface area contributed by atoms with Crippen LogP contribution in [0, 0.1) is 5.92 Å². The Morgan fingerprint density at radius 1 is 1.31 bits per heavy atom. The molecule has 1 fully saturated rings. The number of carbonyl (C=O) groups is 3. The Balaban J connectivity index is 1.63. The molecule has 134 valence electrons. The molecule has 1 saturated heterocycles. The van der Waals surface area contributed by atoms with Gasteiger partial charge in [0.05, 0.1) is 28.7 Å². The first-order chi connectivity index (χ1) is 12.4. The molecule has 3 N–H and O–H groups in total. The number of primary amides is 1. The molecule has 0 bridgehead atoms. The number of rotatable bonds is 5. The molecule has 2 heterocycles. The first-order valence-electron chi connectivity index (χ1n) is 8.02. The summed E-state index contributed by atoms with van der Waals surface area (Å²) in [5, 5.41) is 2.89.